The van der Waals surface area contributed by atoms with Gasteiger partial charge in [-0.1, -0.05) is 0 Å². The maximum atomic E-state index is 15.4. The van der Waals surface area contributed by atoms with Crippen molar-refractivity contribution in [3.8, 4) is 131 Å². The van der Waals surface area contributed by atoms with Gasteiger partial charge < -0.3 is 125 Å². The molecule has 4 bridgehead atoms. The largest absolute Gasteiger partial charge is 0.504 e. The number of hydrogen-bond acceptors (Lipinski definition) is 30. The number of phenols is 17. The highest BCUT2D eigenvalue weighted by molar-refractivity contribution is 6.11. The van der Waals surface area contributed by atoms with Crippen molar-refractivity contribution in [3.63, 3.8) is 0 Å². The number of carbonyl (C=O) groups is 6. The van der Waals surface area contributed by atoms with Crippen molar-refractivity contribution < 1.29 is 154 Å². The van der Waals surface area contributed by atoms with Crippen LogP contribution >= 0.6 is 0 Å². The maximum Gasteiger partial charge on any atom is 0.343 e. The highest BCUT2D eigenvalue weighted by Crippen LogP contribution is 2.59. The molecule has 410 valence electrons. The van der Waals surface area contributed by atoms with E-state index in [-0.39, 0.29) is 0 Å². The summed E-state index contributed by atoms with van der Waals surface area (Å²) in [6.45, 7) is -1.43. The summed E-state index contributed by atoms with van der Waals surface area (Å²) >= 11 is 0. The molecule has 3 aliphatic heterocycles. The third kappa shape index (κ3) is 8.40. The Morgan fingerprint density at radius 2 is 0.848 bits per heavy atom. The third-order valence-corrected chi connectivity index (χ3v) is 12.2. The lowest BCUT2D eigenvalue weighted by atomic mass is 9.90. The van der Waals surface area contributed by atoms with Gasteiger partial charge in [0, 0.05) is 16.7 Å². The molecule has 0 amide bonds. The molecule has 5 atom stereocenters. The zero-order valence-electron chi connectivity index (χ0n) is 38.5. The van der Waals surface area contributed by atoms with Gasteiger partial charge in [0.1, 0.15) is 18.3 Å². The number of cyclic esters (lactones) is 1. The van der Waals surface area contributed by atoms with E-state index in [0.717, 1.165) is 0 Å². The van der Waals surface area contributed by atoms with E-state index in [1.807, 2.05) is 0 Å². The number of aromatic carboxylic acids is 1. The molecule has 0 aromatic heterocycles. The zero-order valence-corrected chi connectivity index (χ0v) is 38.5. The van der Waals surface area contributed by atoms with Crippen LogP contribution < -0.4 is 4.74 Å². The number of benzene rings is 6. The first-order valence-corrected chi connectivity index (χ1v) is 21.7. The molecule has 3 heterocycles. The Morgan fingerprint density at radius 3 is 1.37 bits per heavy atom. The number of carboxylic acid groups (broad SMARTS) is 1. The van der Waals surface area contributed by atoms with Crippen LogP contribution in [0.1, 0.15) is 62.1 Å². The lowest BCUT2D eigenvalue weighted by Gasteiger charge is -2.44. The molecule has 0 radical (unpaired) electrons. The van der Waals surface area contributed by atoms with Crippen LogP contribution in [0.3, 0.4) is 0 Å². The second-order valence-corrected chi connectivity index (χ2v) is 16.9. The van der Waals surface area contributed by atoms with E-state index in [1.54, 1.807) is 0 Å². The number of rotatable bonds is 5. The molecule has 0 aliphatic carbocycles. The van der Waals surface area contributed by atoms with Crippen molar-refractivity contribution >= 4 is 35.8 Å². The van der Waals surface area contributed by atoms with Crippen LogP contribution in [-0.2, 0) is 28.4 Å². The van der Waals surface area contributed by atoms with Gasteiger partial charge in [-0.25, -0.2) is 28.8 Å². The smallest absolute Gasteiger partial charge is 0.343 e. The molecule has 3 aliphatic rings. The summed E-state index contributed by atoms with van der Waals surface area (Å²) < 4.78 is 39.6. The molecule has 0 unspecified atom stereocenters. The van der Waals surface area contributed by atoms with Crippen molar-refractivity contribution in [2.45, 2.75) is 30.7 Å². The number of aromatic hydroxyl groups is 17. The van der Waals surface area contributed by atoms with E-state index in [1.165, 1.54) is 0 Å². The summed E-state index contributed by atoms with van der Waals surface area (Å²) in [6, 6.07) is 2.85. The molecule has 79 heavy (non-hydrogen) atoms. The van der Waals surface area contributed by atoms with Crippen molar-refractivity contribution in [1.29, 1.82) is 0 Å². The number of phenolic OH excluding ortho intramolecular Hbond substituents is 17. The SMILES string of the molecule is O=C(O)c1cc(O)c(O)c(Oc2c(O)c(O)c(O)c3c2C(=O)O[C@@H]2[C@H]4OC(=O)c5cc(O)c(O)c(O)c5-c5c(cc(O)c(O)c5O)C(=O)O[C@@H]2[C@@H](COC(=O)c2cc(O)c(O)c(O)c2-3)O[C@H]4OC(=O)c2cc(O)c(O)c(O)c2)c1. The topological polar surface area (TPSA) is 531 Å². The Bertz CT molecular complexity index is 3710. The quantitative estimate of drug-likeness (QED) is 0.0670. The highest BCUT2D eigenvalue weighted by Gasteiger charge is 2.56. The van der Waals surface area contributed by atoms with E-state index in [4.69, 9.17) is 33.2 Å². The van der Waals surface area contributed by atoms with Gasteiger partial charge in [0.05, 0.1) is 33.4 Å². The second kappa shape index (κ2) is 18.7. The summed E-state index contributed by atoms with van der Waals surface area (Å²) in [5, 5.41) is 194. The highest BCUT2D eigenvalue weighted by atomic mass is 16.7. The lowest BCUT2D eigenvalue weighted by molar-refractivity contribution is -0.282. The predicted molar refractivity (Wildman–Crippen MR) is 244 cm³/mol. The minimum Gasteiger partial charge on any atom is -0.504 e. The average molecular weight is 1100 g/mol. The molecule has 6 aromatic rings. The van der Waals surface area contributed by atoms with Crippen molar-refractivity contribution in [3.05, 3.63) is 75.8 Å². The summed E-state index contributed by atoms with van der Waals surface area (Å²) in [5.74, 6) is -39.4. The summed E-state index contributed by atoms with van der Waals surface area (Å²) in [6.07, 6.45) is -13.4. The Morgan fingerprint density at radius 1 is 0.418 bits per heavy atom. The molecule has 31 heteroatoms. The summed E-state index contributed by atoms with van der Waals surface area (Å²) in [7, 11) is 0. The van der Waals surface area contributed by atoms with Gasteiger partial charge >= 0.3 is 35.8 Å². The van der Waals surface area contributed by atoms with Crippen LogP contribution in [-0.4, -0.2) is 165 Å². The molecular weight excluding hydrogens is 1070 g/mol. The number of fused-ring (bicyclic) bond motifs is 6. The van der Waals surface area contributed by atoms with Crippen LogP contribution in [0.5, 0.6) is 109 Å². The standard InChI is InChI=1S/C48H32O31/c49-14-2-10(3-15(50)27(14)55)43(68)79-48-41-40-38(76-45(70)12-6-18(53)29(57)32(60)22(12)23-13(46(71)78-41)7-19(54)30(58)33(23)61)21(75-48)8-73-44(69)11-5-17(52)31(59)34(62)24(11)25-26(47(72)77-40)39(37(65)36(64)35(25)63)74-20-4-9(42(66)67)1-16(51)28(20)56/h1-7,21,38,40-41,48-65H,8H2,(H,66,67)/t21-,38-,40+,41-,48+/m1/s1. The zero-order chi connectivity index (χ0) is 57.7. The Labute approximate surface area is 433 Å². The van der Waals surface area contributed by atoms with Gasteiger partial charge in [-0.3, -0.25) is 0 Å². The first-order chi connectivity index (χ1) is 37.1. The van der Waals surface area contributed by atoms with Crippen LogP contribution in [0.2, 0.25) is 0 Å². The Balaban J connectivity index is 1.36. The van der Waals surface area contributed by atoms with Crippen molar-refractivity contribution in [2.75, 3.05) is 6.61 Å². The number of carboxylic acids is 1. The molecule has 1 fully saturated rings. The average Bonchev–Trinajstić information content (AvgIpc) is 3.50. The van der Waals surface area contributed by atoms with Crippen molar-refractivity contribution in [2.24, 2.45) is 0 Å². The lowest BCUT2D eigenvalue weighted by Crippen LogP contribution is -2.63. The van der Waals surface area contributed by atoms with Gasteiger partial charge in [-0.15, -0.1) is 0 Å². The minimum atomic E-state index is -2.83. The molecule has 18 N–H and O–H groups in total. The fourth-order valence-electron chi connectivity index (χ4n) is 8.50. The van der Waals surface area contributed by atoms with Gasteiger partial charge in [-0.2, -0.15) is 0 Å². The molecule has 0 saturated carbocycles. The Kier molecular flexibility index (Phi) is 12.4. The number of ether oxygens (including phenoxy) is 7. The third-order valence-electron chi connectivity index (χ3n) is 12.2. The number of hydrogen-bond donors (Lipinski definition) is 18. The van der Waals surface area contributed by atoms with Crippen LogP contribution in [0, 0.1) is 0 Å². The van der Waals surface area contributed by atoms with E-state index >= 15 is 4.79 Å². The summed E-state index contributed by atoms with van der Waals surface area (Å²) in [4.78, 5) is 85.2. The maximum absolute atomic E-state index is 15.4. The van der Waals surface area contributed by atoms with E-state index in [9.17, 15) is 116 Å². The summed E-state index contributed by atoms with van der Waals surface area (Å²) in [5.41, 5.74) is -12.4. The Hall–Kier alpha value is -11.5. The predicted octanol–water partition coefficient (Wildman–Crippen LogP) is 2.55. The van der Waals surface area contributed by atoms with Crippen LogP contribution in [0.15, 0.2) is 42.5 Å². The van der Waals surface area contributed by atoms with E-state index < -0.39 is 238 Å². The van der Waals surface area contributed by atoms with E-state index in [0.29, 0.717) is 42.5 Å². The monoisotopic (exact) mass is 1100 g/mol. The van der Waals surface area contributed by atoms with Gasteiger partial charge in [0.25, 0.3) is 0 Å². The fourth-order valence-corrected chi connectivity index (χ4v) is 8.50. The van der Waals surface area contributed by atoms with Gasteiger partial charge in [0.15, 0.2) is 87.0 Å². The van der Waals surface area contributed by atoms with Gasteiger partial charge in [-0.05, 0) is 42.5 Å². The van der Waals surface area contributed by atoms with Crippen molar-refractivity contribution in [1.82, 2.24) is 0 Å². The molecule has 31 nitrogen and oxygen atoms in total. The molecule has 6 aromatic carbocycles. The normalized spacial score (nSPS) is 18.7. The van der Waals surface area contributed by atoms with Crippen LogP contribution in [0.4, 0.5) is 0 Å². The van der Waals surface area contributed by atoms with Crippen LogP contribution in [0.25, 0.3) is 22.3 Å². The second-order valence-electron chi connectivity index (χ2n) is 16.9. The minimum absolute atomic E-state index is 0.310. The molecule has 1 saturated heterocycles. The molecule has 9 rings (SSSR count). The fraction of sp³-hybridized carbons (Fsp3) is 0.125. The van der Waals surface area contributed by atoms with Gasteiger partial charge in [0.2, 0.25) is 46.9 Å². The number of esters is 5. The first kappa shape index (κ1) is 52.4. The first-order valence-electron chi connectivity index (χ1n) is 21.7. The molecular formula is C48H32O31. The number of carbonyl (C=O) groups excluding carboxylic acids is 5. The van der Waals surface area contributed by atoms with E-state index in [2.05, 4.69) is 0 Å². The molecule has 0 spiro atoms.